The van der Waals surface area contributed by atoms with Crippen molar-refractivity contribution in [3.63, 3.8) is 0 Å². The van der Waals surface area contributed by atoms with Gasteiger partial charge in [0.1, 0.15) is 6.29 Å². The first kappa shape index (κ1) is 19.2. The third-order valence-electron chi connectivity index (χ3n) is 1.93. The largest absolute Gasteiger partial charge is 0.380 e. The summed E-state index contributed by atoms with van der Waals surface area (Å²) in [6.07, 6.45) is 3.51. The molecule has 0 saturated heterocycles. The lowest BCUT2D eigenvalue weighted by Crippen LogP contribution is -1.97. The van der Waals surface area contributed by atoms with Gasteiger partial charge in [-0.15, -0.1) is 0 Å². The fourth-order valence-corrected chi connectivity index (χ4v) is 1.11. The molecule has 1 aromatic carbocycles. The fraction of sp³-hybridized carbons (Fsp3) is 0.533. The van der Waals surface area contributed by atoms with Crippen LogP contribution < -0.4 is 5.73 Å². The number of unbranched alkanes of at least 4 members (excludes halogenated alkanes) is 2. The van der Waals surface area contributed by atoms with E-state index in [0.29, 0.717) is 19.6 Å². The number of methoxy groups -OCH3 is 1. The molecule has 0 bridgehead atoms. The van der Waals surface area contributed by atoms with Crippen molar-refractivity contribution in [3.05, 3.63) is 35.9 Å². The zero-order valence-corrected chi connectivity index (χ0v) is 11.9. The molecule has 0 saturated carbocycles. The molecule has 3 heteroatoms. The van der Waals surface area contributed by atoms with Gasteiger partial charge in [0.25, 0.3) is 0 Å². The first-order valence-corrected chi connectivity index (χ1v) is 6.51. The summed E-state index contributed by atoms with van der Waals surface area (Å²) in [4.78, 5) is 9.64. The topological polar surface area (TPSA) is 52.3 Å². The molecular formula is C15H27NO2. The van der Waals surface area contributed by atoms with Gasteiger partial charge in [-0.3, -0.25) is 0 Å². The number of hydrogen-bond acceptors (Lipinski definition) is 3. The van der Waals surface area contributed by atoms with E-state index in [-0.39, 0.29) is 0 Å². The number of nitrogens with two attached hydrogens (primary N) is 1. The van der Waals surface area contributed by atoms with Crippen LogP contribution in [0.2, 0.25) is 0 Å². The molecule has 0 heterocycles. The van der Waals surface area contributed by atoms with Crippen LogP contribution in [0.25, 0.3) is 0 Å². The van der Waals surface area contributed by atoms with Gasteiger partial charge >= 0.3 is 0 Å². The zero-order valence-electron chi connectivity index (χ0n) is 11.9. The van der Waals surface area contributed by atoms with Gasteiger partial charge in [0.2, 0.25) is 0 Å². The lowest BCUT2D eigenvalue weighted by molar-refractivity contribution is -0.107. The van der Waals surface area contributed by atoms with Crippen LogP contribution in [0.5, 0.6) is 0 Å². The highest BCUT2D eigenvalue weighted by Crippen LogP contribution is 1.98. The van der Waals surface area contributed by atoms with Crippen molar-refractivity contribution in [2.75, 3.05) is 13.7 Å². The van der Waals surface area contributed by atoms with Crippen LogP contribution >= 0.6 is 0 Å². The average Bonchev–Trinajstić information content (AvgIpc) is 2.44. The second-order valence-corrected chi connectivity index (χ2v) is 3.37. The standard InChI is InChI=1S/C8H10O.C5H11NO.C2H6/c1-9-7-8-5-3-2-4-6-8;6-4-2-1-3-5-7;1-2/h2-6H,7H2,1H3;5H,1-4,6H2;1-2H3. The Morgan fingerprint density at radius 2 is 1.78 bits per heavy atom. The van der Waals surface area contributed by atoms with E-state index in [1.54, 1.807) is 7.11 Å². The molecule has 0 aliphatic carbocycles. The molecule has 0 aliphatic rings. The van der Waals surface area contributed by atoms with Gasteiger partial charge in [-0.25, -0.2) is 0 Å². The van der Waals surface area contributed by atoms with E-state index in [1.165, 1.54) is 5.56 Å². The van der Waals surface area contributed by atoms with Crippen molar-refractivity contribution in [2.24, 2.45) is 5.73 Å². The fourth-order valence-electron chi connectivity index (χ4n) is 1.11. The van der Waals surface area contributed by atoms with E-state index < -0.39 is 0 Å². The van der Waals surface area contributed by atoms with Gasteiger partial charge in [0.05, 0.1) is 6.61 Å². The van der Waals surface area contributed by atoms with E-state index in [0.717, 1.165) is 19.1 Å². The minimum Gasteiger partial charge on any atom is -0.380 e. The number of ether oxygens (including phenoxy) is 1. The predicted molar refractivity (Wildman–Crippen MR) is 77.5 cm³/mol. The molecule has 0 aliphatic heterocycles. The third kappa shape index (κ3) is 14.8. The van der Waals surface area contributed by atoms with Crippen LogP contribution in [0.15, 0.2) is 30.3 Å². The van der Waals surface area contributed by atoms with Crippen molar-refractivity contribution >= 4 is 6.29 Å². The average molecular weight is 253 g/mol. The first-order valence-electron chi connectivity index (χ1n) is 6.51. The minimum absolute atomic E-state index is 0.664. The first-order chi connectivity index (χ1) is 8.85. The van der Waals surface area contributed by atoms with Crippen LogP contribution in [0.4, 0.5) is 0 Å². The number of carbonyl (C=O) groups excluding carboxylic acids is 1. The number of aldehydes is 1. The molecule has 0 spiro atoms. The van der Waals surface area contributed by atoms with Gasteiger partial charge in [-0.2, -0.15) is 0 Å². The number of rotatable bonds is 6. The van der Waals surface area contributed by atoms with Gasteiger partial charge in [0, 0.05) is 13.5 Å². The summed E-state index contributed by atoms with van der Waals surface area (Å²) in [5, 5.41) is 0. The maximum Gasteiger partial charge on any atom is 0.119 e. The molecule has 0 aromatic heterocycles. The van der Waals surface area contributed by atoms with Crippen molar-refractivity contribution in [1.29, 1.82) is 0 Å². The molecule has 2 N–H and O–H groups in total. The highest BCUT2D eigenvalue weighted by molar-refractivity contribution is 5.48. The van der Waals surface area contributed by atoms with Crippen LogP contribution in [-0.4, -0.2) is 19.9 Å². The summed E-state index contributed by atoms with van der Waals surface area (Å²) < 4.78 is 4.93. The highest BCUT2D eigenvalue weighted by Gasteiger charge is 1.84. The van der Waals surface area contributed by atoms with Crippen molar-refractivity contribution in [2.45, 2.75) is 39.7 Å². The van der Waals surface area contributed by atoms with Gasteiger partial charge in [-0.05, 0) is 24.9 Å². The van der Waals surface area contributed by atoms with E-state index >= 15 is 0 Å². The van der Waals surface area contributed by atoms with Crippen molar-refractivity contribution in [3.8, 4) is 0 Å². The minimum atomic E-state index is 0.664. The SMILES string of the molecule is CC.COCc1ccccc1.NCCCCC=O. The number of benzene rings is 1. The molecule has 0 radical (unpaired) electrons. The Labute approximate surface area is 111 Å². The highest BCUT2D eigenvalue weighted by atomic mass is 16.5. The summed E-state index contributed by atoms with van der Waals surface area (Å²) in [5.41, 5.74) is 6.38. The Kier molecular flexibility index (Phi) is 19.4. The maximum atomic E-state index is 9.64. The van der Waals surface area contributed by atoms with Gasteiger partial charge in [0.15, 0.2) is 0 Å². The predicted octanol–water partition coefficient (Wildman–Crippen LogP) is 3.17. The molecular weight excluding hydrogens is 226 g/mol. The van der Waals surface area contributed by atoms with Crippen molar-refractivity contribution in [1.82, 2.24) is 0 Å². The lowest BCUT2D eigenvalue weighted by atomic mass is 10.2. The Hall–Kier alpha value is -1.19. The van der Waals surface area contributed by atoms with Crippen molar-refractivity contribution < 1.29 is 9.53 Å². The van der Waals surface area contributed by atoms with Gasteiger partial charge in [-0.1, -0.05) is 44.2 Å². The van der Waals surface area contributed by atoms with E-state index in [2.05, 4.69) is 0 Å². The monoisotopic (exact) mass is 253 g/mol. The van der Waals surface area contributed by atoms with E-state index in [9.17, 15) is 4.79 Å². The van der Waals surface area contributed by atoms with Gasteiger partial charge < -0.3 is 15.3 Å². The van der Waals surface area contributed by atoms with E-state index in [1.807, 2.05) is 44.2 Å². The molecule has 0 amide bonds. The smallest absolute Gasteiger partial charge is 0.119 e. The van der Waals surface area contributed by atoms with E-state index in [4.69, 9.17) is 10.5 Å². The normalized spacial score (nSPS) is 8.44. The molecule has 18 heavy (non-hydrogen) atoms. The Morgan fingerprint density at radius 3 is 2.22 bits per heavy atom. The van der Waals surface area contributed by atoms with Crippen LogP contribution in [0.1, 0.15) is 38.7 Å². The molecule has 0 atom stereocenters. The third-order valence-corrected chi connectivity index (χ3v) is 1.93. The zero-order chi connectivity index (χ0) is 14.1. The summed E-state index contributed by atoms with van der Waals surface area (Å²) in [6, 6.07) is 10.1. The quantitative estimate of drug-likeness (QED) is 0.626. The molecule has 0 fully saturated rings. The van der Waals surface area contributed by atoms with Crippen LogP contribution in [0.3, 0.4) is 0 Å². The Morgan fingerprint density at radius 1 is 1.17 bits per heavy atom. The number of carbonyl (C=O) groups is 1. The number of hydrogen-bond donors (Lipinski definition) is 1. The Balaban J connectivity index is 0. The molecule has 1 rings (SSSR count). The summed E-state index contributed by atoms with van der Waals surface area (Å²) in [6.45, 7) is 5.41. The second kappa shape index (κ2) is 18.2. The lowest BCUT2D eigenvalue weighted by Gasteiger charge is -1.95. The molecule has 104 valence electrons. The molecule has 3 nitrogen and oxygen atoms in total. The van der Waals surface area contributed by atoms with Crippen LogP contribution in [-0.2, 0) is 16.1 Å². The van der Waals surface area contributed by atoms with Crippen LogP contribution in [0, 0.1) is 0 Å². The summed E-state index contributed by atoms with van der Waals surface area (Å²) in [5.74, 6) is 0. The molecule has 0 unspecified atom stereocenters. The molecule has 1 aromatic rings. The summed E-state index contributed by atoms with van der Waals surface area (Å²) >= 11 is 0. The Bertz CT molecular complexity index is 250. The second-order valence-electron chi connectivity index (χ2n) is 3.37. The maximum absolute atomic E-state index is 9.64. The summed E-state index contributed by atoms with van der Waals surface area (Å²) in [7, 11) is 1.70.